The first-order valence-electron chi connectivity index (χ1n) is 9.38. The Bertz CT molecular complexity index is 854. The van der Waals surface area contributed by atoms with Crippen LogP contribution in [0.2, 0.25) is 0 Å². The minimum atomic E-state index is -0.0810. The van der Waals surface area contributed by atoms with E-state index in [1.165, 1.54) is 5.69 Å². The number of carbonyl (C=O) groups excluding carboxylic acids is 1. The van der Waals surface area contributed by atoms with Gasteiger partial charge >= 0.3 is 0 Å². The third-order valence-corrected chi connectivity index (χ3v) is 5.49. The number of nitrogens with zero attached hydrogens (tertiary/aromatic N) is 2. The number of nitrogens with one attached hydrogen (secondary N) is 3. The average molecular weight is 444 g/mol. The number of hydrogen-bond donors (Lipinski definition) is 3. The van der Waals surface area contributed by atoms with Crippen LogP contribution in [0.1, 0.15) is 22.3 Å². The maximum absolute atomic E-state index is 11.8. The van der Waals surface area contributed by atoms with E-state index < -0.39 is 0 Å². The van der Waals surface area contributed by atoms with Crippen LogP contribution in [-0.4, -0.2) is 45.1 Å². The van der Waals surface area contributed by atoms with Gasteiger partial charge in [0.15, 0.2) is 5.96 Å². The molecule has 1 aliphatic heterocycles. The lowest BCUT2D eigenvalue weighted by Gasteiger charge is -2.21. The molecule has 1 amide bonds. The van der Waals surface area contributed by atoms with Crippen molar-refractivity contribution < 1.29 is 4.79 Å². The summed E-state index contributed by atoms with van der Waals surface area (Å²) >= 11 is 3.64. The summed E-state index contributed by atoms with van der Waals surface area (Å²) in [6.45, 7) is 2.53. The molecule has 1 aliphatic rings. The molecule has 1 fully saturated rings. The number of hydrogen-bond acceptors (Lipinski definition) is 3. The molecule has 2 aromatic carbocycles. The van der Waals surface area contributed by atoms with Crippen LogP contribution in [0.4, 0.5) is 5.69 Å². The smallest absolute Gasteiger partial charge is 0.251 e. The fraction of sp³-hybridized carbons (Fsp3) is 0.333. The van der Waals surface area contributed by atoms with Gasteiger partial charge in [0.25, 0.3) is 5.91 Å². The largest absolute Gasteiger partial charge is 0.368 e. The predicted octanol–water partition coefficient (Wildman–Crippen LogP) is 2.75. The second-order valence-corrected chi connectivity index (χ2v) is 7.59. The van der Waals surface area contributed by atoms with Gasteiger partial charge in [0.2, 0.25) is 0 Å². The lowest BCUT2D eigenvalue weighted by atomic mass is 10.1. The van der Waals surface area contributed by atoms with Gasteiger partial charge in [0.05, 0.1) is 5.69 Å². The van der Waals surface area contributed by atoms with Crippen molar-refractivity contribution in [3.63, 3.8) is 0 Å². The van der Waals surface area contributed by atoms with Crippen LogP contribution in [0, 0.1) is 0 Å². The molecule has 148 valence electrons. The molecule has 0 radical (unpaired) electrons. The molecule has 0 aliphatic carbocycles. The Balaban J connectivity index is 1.54. The maximum atomic E-state index is 11.8. The summed E-state index contributed by atoms with van der Waals surface area (Å²) < 4.78 is 1.12. The van der Waals surface area contributed by atoms with Gasteiger partial charge < -0.3 is 20.9 Å². The van der Waals surface area contributed by atoms with Gasteiger partial charge in [-0.25, -0.2) is 0 Å². The van der Waals surface area contributed by atoms with E-state index in [2.05, 4.69) is 60.0 Å². The lowest BCUT2D eigenvalue weighted by molar-refractivity contribution is 0.0963. The van der Waals surface area contributed by atoms with Crippen molar-refractivity contribution in [2.45, 2.75) is 19.0 Å². The Morgan fingerprint density at radius 2 is 2.07 bits per heavy atom. The van der Waals surface area contributed by atoms with E-state index >= 15 is 0 Å². The van der Waals surface area contributed by atoms with E-state index in [9.17, 15) is 4.79 Å². The summed E-state index contributed by atoms with van der Waals surface area (Å²) in [5.74, 6) is 0.687. The third kappa shape index (κ3) is 5.04. The van der Waals surface area contributed by atoms with Crippen molar-refractivity contribution >= 4 is 33.5 Å². The summed E-state index contributed by atoms with van der Waals surface area (Å²) in [4.78, 5) is 18.5. The molecule has 1 saturated heterocycles. The number of anilines is 1. The van der Waals surface area contributed by atoms with E-state index in [0.29, 0.717) is 18.2 Å². The predicted molar refractivity (Wildman–Crippen MR) is 118 cm³/mol. The van der Waals surface area contributed by atoms with E-state index in [4.69, 9.17) is 0 Å². The van der Waals surface area contributed by atoms with E-state index in [1.54, 1.807) is 14.1 Å². The Labute approximate surface area is 174 Å². The Hall–Kier alpha value is -2.54. The SMILES string of the molecule is CN=C(NCc1cccc(C(=O)NC)c1)NC1CCN(c2ccccc2Br)C1. The van der Waals surface area contributed by atoms with Gasteiger partial charge in [0, 0.05) is 49.8 Å². The number of aliphatic imine (C=N–C) groups is 1. The topological polar surface area (TPSA) is 68.8 Å². The molecule has 0 bridgehead atoms. The highest BCUT2D eigenvalue weighted by Gasteiger charge is 2.24. The zero-order valence-electron chi connectivity index (χ0n) is 16.2. The van der Waals surface area contributed by atoms with Gasteiger partial charge in [-0.1, -0.05) is 24.3 Å². The first-order chi connectivity index (χ1) is 13.6. The minimum Gasteiger partial charge on any atom is -0.368 e. The number of benzene rings is 2. The quantitative estimate of drug-likeness (QED) is 0.490. The zero-order chi connectivity index (χ0) is 19.9. The number of guanidine groups is 1. The summed E-state index contributed by atoms with van der Waals surface area (Å²) in [5, 5.41) is 9.50. The maximum Gasteiger partial charge on any atom is 0.251 e. The second-order valence-electron chi connectivity index (χ2n) is 6.73. The highest BCUT2D eigenvalue weighted by molar-refractivity contribution is 9.10. The molecular formula is C21H26BrN5O. The third-order valence-electron chi connectivity index (χ3n) is 4.82. The van der Waals surface area contributed by atoms with Crippen molar-refractivity contribution in [3.8, 4) is 0 Å². The molecule has 1 heterocycles. The fourth-order valence-corrected chi connectivity index (χ4v) is 3.88. The molecule has 3 rings (SSSR count). The number of rotatable bonds is 5. The minimum absolute atomic E-state index is 0.0810. The molecule has 2 aromatic rings. The van der Waals surface area contributed by atoms with Crippen molar-refractivity contribution in [2.75, 3.05) is 32.1 Å². The first kappa shape index (κ1) is 20.2. The molecule has 0 saturated carbocycles. The summed E-state index contributed by atoms with van der Waals surface area (Å²) in [6.07, 6.45) is 1.05. The van der Waals surface area contributed by atoms with E-state index in [1.807, 2.05) is 30.3 Å². The number of halogens is 1. The van der Waals surface area contributed by atoms with Crippen LogP contribution in [0.25, 0.3) is 0 Å². The van der Waals surface area contributed by atoms with Crippen molar-refractivity contribution in [3.05, 3.63) is 64.1 Å². The fourth-order valence-electron chi connectivity index (χ4n) is 3.35. The highest BCUT2D eigenvalue weighted by Crippen LogP contribution is 2.28. The van der Waals surface area contributed by atoms with Crippen LogP contribution in [0.3, 0.4) is 0 Å². The van der Waals surface area contributed by atoms with E-state index in [0.717, 1.165) is 35.5 Å². The van der Waals surface area contributed by atoms with Crippen molar-refractivity contribution in [1.82, 2.24) is 16.0 Å². The van der Waals surface area contributed by atoms with Crippen LogP contribution in [-0.2, 0) is 6.54 Å². The van der Waals surface area contributed by atoms with Crippen LogP contribution >= 0.6 is 15.9 Å². The molecule has 0 aromatic heterocycles. The standard InChI is InChI=1S/C21H26BrN5O/c1-23-20(28)16-7-5-6-15(12-16)13-25-21(24-2)26-17-10-11-27(14-17)19-9-4-3-8-18(19)22/h3-9,12,17H,10-11,13-14H2,1-2H3,(H,23,28)(H2,24,25,26). The Morgan fingerprint density at radius 3 is 2.82 bits per heavy atom. The number of carbonyl (C=O) groups is 1. The number of amides is 1. The molecular weight excluding hydrogens is 418 g/mol. The second kappa shape index (κ2) is 9.59. The van der Waals surface area contributed by atoms with Gasteiger partial charge in [-0.05, 0) is 52.2 Å². The van der Waals surface area contributed by atoms with E-state index in [-0.39, 0.29) is 5.91 Å². The average Bonchev–Trinajstić information content (AvgIpc) is 3.19. The van der Waals surface area contributed by atoms with Crippen molar-refractivity contribution in [1.29, 1.82) is 0 Å². The zero-order valence-corrected chi connectivity index (χ0v) is 17.8. The van der Waals surface area contributed by atoms with Crippen LogP contribution in [0.15, 0.2) is 58.0 Å². The molecule has 28 heavy (non-hydrogen) atoms. The lowest BCUT2D eigenvalue weighted by Crippen LogP contribution is -2.44. The van der Waals surface area contributed by atoms with Crippen LogP contribution in [0.5, 0.6) is 0 Å². The molecule has 3 N–H and O–H groups in total. The van der Waals surface area contributed by atoms with Gasteiger partial charge in [-0.2, -0.15) is 0 Å². The molecule has 7 heteroatoms. The highest BCUT2D eigenvalue weighted by atomic mass is 79.9. The normalized spacial score (nSPS) is 16.8. The first-order valence-corrected chi connectivity index (χ1v) is 10.2. The summed E-state index contributed by atoms with van der Waals surface area (Å²) in [5.41, 5.74) is 2.91. The Kier molecular flexibility index (Phi) is 6.92. The molecule has 0 spiro atoms. The van der Waals surface area contributed by atoms with Gasteiger partial charge in [-0.15, -0.1) is 0 Å². The van der Waals surface area contributed by atoms with Crippen LogP contribution < -0.4 is 20.9 Å². The Morgan fingerprint density at radius 1 is 1.25 bits per heavy atom. The molecule has 1 atom stereocenters. The van der Waals surface area contributed by atoms with Gasteiger partial charge in [0.1, 0.15) is 0 Å². The van der Waals surface area contributed by atoms with Gasteiger partial charge in [-0.3, -0.25) is 9.79 Å². The van der Waals surface area contributed by atoms with Crippen molar-refractivity contribution in [2.24, 2.45) is 4.99 Å². The monoisotopic (exact) mass is 443 g/mol. The molecule has 6 nitrogen and oxygen atoms in total. The molecule has 1 unspecified atom stereocenters. The number of para-hydroxylation sites is 1. The summed E-state index contributed by atoms with van der Waals surface area (Å²) in [7, 11) is 3.41. The summed E-state index contributed by atoms with van der Waals surface area (Å²) in [6, 6.07) is 16.2.